The number of nitrogens with zero attached hydrogens (tertiary/aromatic N) is 2. The molecule has 4 nitrogen and oxygen atoms in total. The van der Waals surface area contributed by atoms with Crippen molar-refractivity contribution in [2.45, 2.75) is 39.3 Å². The maximum atomic E-state index is 12.0. The summed E-state index contributed by atoms with van der Waals surface area (Å²) >= 11 is 0. The van der Waals surface area contributed by atoms with Crippen LogP contribution in [0.5, 0.6) is 0 Å². The van der Waals surface area contributed by atoms with Crippen LogP contribution < -0.4 is 5.32 Å². The van der Waals surface area contributed by atoms with Gasteiger partial charge in [0.05, 0.1) is 6.54 Å². The van der Waals surface area contributed by atoms with Crippen molar-refractivity contribution in [3.63, 3.8) is 0 Å². The summed E-state index contributed by atoms with van der Waals surface area (Å²) < 4.78 is 0. The second-order valence-electron chi connectivity index (χ2n) is 4.89. The third-order valence-corrected chi connectivity index (χ3v) is 3.37. The molecule has 0 spiro atoms. The van der Waals surface area contributed by atoms with Crippen molar-refractivity contribution < 1.29 is 4.79 Å². The van der Waals surface area contributed by atoms with E-state index in [1.54, 1.807) is 0 Å². The average molecular weight is 227 g/mol. The highest BCUT2D eigenvalue weighted by molar-refractivity contribution is 5.78. The fourth-order valence-electron chi connectivity index (χ4n) is 2.02. The molecule has 0 aromatic carbocycles. The molecule has 1 saturated heterocycles. The number of rotatable bonds is 4. The van der Waals surface area contributed by atoms with Crippen LogP contribution in [-0.2, 0) is 4.79 Å². The Hall–Kier alpha value is -0.610. The van der Waals surface area contributed by atoms with Gasteiger partial charge in [0.1, 0.15) is 0 Å². The number of piperazine rings is 1. The first kappa shape index (κ1) is 13.5. The smallest absolute Gasteiger partial charge is 0.236 e. The molecule has 0 aromatic heterocycles. The molecule has 4 heteroatoms. The van der Waals surface area contributed by atoms with Crippen LogP contribution in [-0.4, -0.2) is 61.0 Å². The molecule has 1 N–H and O–H groups in total. The third-order valence-electron chi connectivity index (χ3n) is 3.37. The molecule has 1 aliphatic rings. The highest BCUT2D eigenvalue weighted by Crippen LogP contribution is 2.07. The molecule has 16 heavy (non-hydrogen) atoms. The van der Waals surface area contributed by atoms with E-state index >= 15 is 0 Å². The van der Waals surface area contributed by atoms with Crippen molar-refractivity contribution in [1.29, 1.82) is 0 Å². The predicted octanol–water partition coefficient (Wildman–Crippen LogP) is 0.537. The molecule has 2 unspecified atom stereocenters. The van der Waals surface area contributed by atoms with Crippen LogP contribution in [0.2, 0.25) is 0 Å². The summed E-state index contributed by atoms with van der Waals surface area (Å²) in [4.78, 5) is 16.3. The SMILES string of the molecule is CCC(C)NCC(=O)N1CCN(C)CC1C. The average Bonchev–Trinajstić information content (AvgIpc) is 2.25. The Balaban J connectivity index is 2.36. The van der Waals surface area contributed by atoms with E-state index in [1.165, 1.54) is 0 Å². The Morgan fingerprint density at radius 1 is 1.50 bits per heavy atom. The number of amides is 1. The zero-order chi connectivity index (χ0) is 12.1. The summed E-state index contributed by atoms with van der Waals surface area (Å²) in [6.07, 6.45) is 1.06. The van der Waals surface area contributed by atoms with E-state index in [2.05, 4.69) is 38.0 Å². The van der Waals surface area contributed by atoms with Crippen LogP contribution in [0.4, 0.5) is 0 Å². The summed E-state index contributed by atoms with van der Waals surface area (Å²) in [6, 6.07) is 0.761. The maximum Gasteiger partial charge on any atom is 0.236 e. The van der Waals surface area contributed by atoms with Gasteiger partial charge in [-0.3, -0.25) is 4.79 Å². The Morgan fingerprint density at radius 3 is 2.75 bits per heavy atom. The minimum absolute atomic E-state index is 0.237. The van der Waals surface area contributed by atoms with Crippen molar-refractivity contribution in [2.75, 3.05) is 33.2 Å². The Labute approximate surface area is 99.0 Å². The van der Waals surface area contributed by atoms with Gasteiger partial charge in [0, 0.05) is 31.7 Å². The van der Waals surface area contributed by atoms with E-state index in [-0.39, 0.29) is 5.91 Å². The van der Waals surface area contributed by atoms with Gasteiger partial charge < -0.3 is 15.1 Å². The van der Waals surface area contributed by atoms with Crippen molar-refractivity contribution in [3.8, 4) is 0 Å². The summed E-state index contributed by atoms with van der Waals surface area (Å²) in [7, 11) is 2.11. The third kappa shape index (κ3) is 3.76. The molecule has 1 heterocycles. The van der Waals surface area contributed by atoms with Crippen LogP contribution in [0, 0.1) is 0 Å². The summed E-state index contributed by atoms with van der Waals surface area (Å²) in [5, 5.41) is 3.26. The fraction of sp³-hybridized carbons (Fsp3) is 0.917. The van der Waals surface area contributed by atoms with Gasteiger partial charge in [-0.05, 0) is 27.3 Å². The lowest BCUT2D eigenvalue weighted by Crippen LogP contribution is -2.55. The Morgan fingerprint density at radius 2 is 2.19 bits per heavy atom. The van der Waals surface area contributed by atoms with Gasteiger partial charge >= 0.3 is 0 Å². The van der Waals surface area contributed by atoms with E-state index < -0.39 is 0 Å². The zero-order valence-electron chi connectivity index (χ0n) is 11.0. The van der Waals surface area contributed by atoms with Crippen LogP contribution >= 0.6 is 0 Å². The normalized spacial score (nSPS) is 24.5. The van der Waals surface area contributed by atoms with Crippen molar-refractivity contribution in [2.24, 2.45) is 0 Å². The number of nitrogens with one attached hydrogen (secondary N) is 1. The van der Waals surface area contributed by atoms with E-state index in [1.807, 2.05) is 4.90 Å². The Kier molecular flexibility index (Phi) is 5.22. The number of likely N-dealkylation sites (N-methyl/N-ethyl adjacent to an activating group) is 1. The predicted molar refractivity (Wildman–Crippen MR) is 66.4 cm³/mol. The van der Waals surface area contributed by atoms with Gasteiger partial charge in [-0.25, -0.2) is 0 Å². The van der Waals surface area contributed by atoms with Crippen LogP contribution in [0.1, 0.15) is 27.2 Å². The summed E-state index contributed by atoms with van der Waals surface area (Å²) in [5.41, 5.74) is 0. The lowest BCUT2D eigenvalue weighted by atomic mass is 10.2. The van der Waals surface area contributed by atoms with Crippen molar-refractivity contribution >= 4 is 5.91 Å². The van der Waals surface area contributed by atoms with Crippen molar-refractivity contribution in [3.05, 3.63) is 0 Å². The highest BCUT2D eigenvalue weighted by atomic mass is 16.2. The topological polar surface area (TPSA) is 35.6 Å². The number of hydrogen-bond acceptors (Lipinski definition) is 3. The molecule has 1 aliphatic heterocycles. The summed E-state index contributed by atoms with van der Waals surface area (Å²) in [6.45, 7) is 9.66. The van der Waals surface area contributed by atoms with Gasteiger partial charge in [0.2, 0.25) is 5.91 Å². The Bertz CT molecular complexity index is 232. The molecule has 0 aliphatic carbocycles. The molecule has 1 amide bonds. The van der Waals surface area contributed by atoms with Crippen LogP contribution in [0.25, 0.3) is 0 Å². The minimum atomic E-state index is 0.237. The molecular formula is C12H25N3O. The second-order valence-corrected chi connectivity index (χ2v) is 4.89. The standard InChI is InChI=1S/C12H25N3O/c1-5-10(2)13-8-12(16)15-7-6-14(4)9-11(15)3/h10-11,13H,5-9H2,1-4H3. The van der Waals surface area contributed by atoms with Gasteiger partial charge in [-0.15, -0.1) is 0 Å². The monoisotopic (exact) mass is 227 g/mol. The number of carbonyl (C=O) groups is 1. The lowest BCUT2D eigenvalue weighted by Gasteiger charge is -2.38. The first-order valence-electron chi connectivity index (χ1n) is 6.26. The molecule has 0 bridgehead atoms. The number of carbonyl (C=O) groups excluding carboxylic acids is 1. The second kappa shape index (κ2) is 6.21. The molecule has 0 aromatic rings. The van der Waals surface area contributed by atoms with Gasteiger partial charge in [0.15, 0.2) is 0 Å². The molecular weight excluding hydrogens is 202 g/mol. The highest BCUT2D eigenvalue weighted by Gasteiger charge is 2.25. The van der Waals surface area contributed by atoms with E-state index in [0.717, 1.165) is 26.1 Å². The molecule has 94 valence electrons. The van der Waals surface area contributed by atoms with E-state index in [4.69, 9.17) is 0 Å². The molecule has 0 radical (unpaired) electrons. The molecule has 2 atom stereocenters. The number of hydrogen-bond donors (Lipinski definition) is 1. The molecule has 0 saturated carbocycles. The maximum absolute atomic E-state index is 12.0. The van der Waals surface area contributed by atoms with Crippen molar-refractivity contribution in [1.82, 2.24) is 15.1 Å². The van der Waals surface area contributed by atoms with Crippen LogP contribution in [0.3, 0.4) is 0 Å². The molecule has 1 fully saturated rings. The van der Waals surface area contributed by atoms with Gasteiger partial charge in [0.25, 0.3) is 0 Å². The quantitative estimate of drug-likeness (QED) is 0.761. The lowest BCUT2D eigenvalue weighted by molar-refractivity contribution is -0.134. The van der Waals surface area contributed by atoms with Gasteiger partial charge in [-0.1, -0.05) is 6.92 Å². The van der Waals surface area contributed by atoms with E-state index in [0.29, 0.717) is 18.6 Å². The van der Waals surface area contributed by atoms with Gasteiger partial charge in [-0.2, -0.15) is 0 Å². The van der Waals surface area contributed by atoms with Crippen LogP contribution in [0.15, 0.2) is 0 Å². The fourth-order valence-corrected chi connectivity index (χ4v) is 2.02. The first-order chi connectivity index (χ1) is 7.54. The largest absolute Gasteiger partial charge is 0.336 e. The molecule has 1 rings (SSSR count). The van der Waals surface area contributed by atoms with E-state index in [9.17, 15) is 4.79 Å². The zero-order valence-corrected chi connectivity index (χ0v) is 11.0. The minimum Gasteiger partial charge on any atom is -0.336 e. The summed E-state index contributed by atoms with van der Waals surface area (Å²) in [5.74, 6) is 0.237. The first-order valence-corrected chi connectivity index (χ1v) is 6.26.